The first kappa shape index (κ1) is 23.5. The molecule has 0 saturated heterocycles. The Kier molecular flexibility index (Phi) is 6.80. The topological polar surface area (TPSA) is 59.8 Å². The maximum absolute atomic E-state index is 13.4. The molecule has 2 aromatic heterocycles. The van der Waals surface area contributed by atoms with Gasteiger partial charge in [-0.1, -0.05) is 31.4 Å². The predicted molar refractivity (Wildman–Crippen MR) is 135 cm³/mol. The van der Waals surface area contributed by atoms with Crippen LogP contribution >= 0.6 is 0 Å². The molecule has 2 heterocycles. The number of hydrogen-bond acceptors (Lipinski definition) is 3. The van der Waals surface area contributed by atoms with Crippen LogP contribution in [-0.2, 0) is 17.6 Å². The van der Waals surface area contributed by atoms with Gasteiger partial charge in [-0.05, 0) is 73.6 Å². The van der Waals surface area contributed by atoms with Crippen LogP contribution in [0.5, 0.6) is 0 Å². The van der Waals surface area contributed by atoms with Crippen LogP contribution in [0.3, 0.4) is 0 Å². The van der Waals surface area contributed by atoms with E-state index in [0.717, 1.165) is 49.8 Å². The number of hydrogen-bond donors (Lipinski definition) is 1. The van der Waals surface area contributed by atoms with Gasteiger partial charge in [0.1, 0.15) is 5.82 Å². The third-order valence-electron chi connectivity index (χ3n) is 7.61. The molecule has 1 N–H and O–H groups in total. The van der Waals surface area contributed by atoms with Gasteiger partial charge in [0, 0.05) is 36.3 Å². The third-order valence-corrected chi connectivity index (χ3v) is 7.61. The number of benzene rings is 1. The lowest BCUT2D eigenvalue weighted by molar-refractivity contribution is -0.121. The molecule has 2 aliphatic carbocycles. The van der Waals surface area contributed by atoms with Gasteiger partial charge in [0.15, 0.2) is 0 Å². The lowest BCUT2D eigenvalue weighted by Crippen LogP contribution is -2.37. The summed E-state index contributed by atoms with van der Waals surface area (Å²) in [4.78, 5) is 16.8. The summed E-state index contributed by atoms with van der Waals surface area (Å²) < 4.78 is 15.4. The predicted octanol–water partition coefficient (Wildman–Crippen LogP) is 5.69. The van der Waals surface area contributed by atoms with Crippen molar-refractivity contribution in [1.82, 2.24) is 20.1 Å². The normalized spacial score (nSPS) is 19.9. The number of nitrogens with one attached hydrogen (secondary N) is 1. The summed E-state index contributed by atoms with van der Waals surface area (Å²) in [6.07, 6.45) is 12.0. The molecule has 1 amide bonds. The lowest BCUT2D eigenvalue weighted by atomic mass is 9.78. The number of nitrogens with zero attached hydrogens (tertiary/aromatic N) is 3. The van der Waals surface area contributed by atoms with Crippen molar-refractivity contribution in [2.45, 2.75) is 70.8 Å². The monoisotopic (exact) mass is 472 g/mol. The van der Waals surface area contributed by atoms with E-state index in [1.165, 1.54) is 29.0 Å². The van der Waals surface area contributed by atoms with Crippen molar-refractivity contribution >= 4 is 5.91 Å². The van der Waals surface area contributed by atoms with Gasteiger partial charge in [0.05, 0.1) is 24.0 Å². The highest BCUT2D eigenvalue weighted by Gasteiger charge is 2.37. The molecule has 182 valence electrons. The second kappa shape index (κ2) is 10.1. The minimum absolute atomic E-state index is 0.0846. The summed E-state index contributed by atoms with van der Waals surface area (Å²) in [5.41, 5.74) is 7.47. The molecule has 1 unspecified atom stereocenters. The molecule has 3 atom stereocenters. The lowest BCUT2D eigenvalue weighted by Gasteiger charge is -2.29. The Hall–Kier alpha value is -3.28. The van der Waals surface area contributed by atoms with Gasteiger partial charge in [0.2, 0.25) is 5.91 Å². The van der Waals surface area contributed by atoms with Gasteiger partial charge in [0.25, 0.3) is 0 Å². The van der Waals surface area contributed by atoms with E-state index < -0.39 is 0 Å². The summed E-state index contributed by atoms with van der Waals surface area (Å²) in [6, 6.07) is 10.5. The smallest absolute Gasteiger partial charge is 0.224 e. The second-order valence-electron chi connectivity index (χ2n) is 9.95. The van der Waals surface area contributed by atoms with Gasteiger partial charge in [-0.15, -0.1) is 0 Å². The second-order valence-corrected chi connectivity index (χ2v) is 9.95. The van der Waals surface area contributed by atoms with E-state index in [0.29, 0.717) is 18.3 Å². The molecule has 0 bridgehead atoms. The van der Waals surface area contributed by atoms with Crippen LogP contribution in [0.15, 0.2) is 66.1 Å². The highest BCUT2D eigenvalue weighted by molar-refractivity contribution is 5.78. The highest BCUT2D eigenvalue weighted by Crippen LogP contribution is 2.48. The van der Waals surface area contributed by atoms with Gasteiger partial charge >= 0.3 is 0 Å². The molecule has 5 rings (SSSR count). The number of halogens is 1. The minimum Gasteiger partial charge on any atom is -0.353 e. The average Bonchev–Trinajstić information content (AvgIpc) is 3.45. The Labute approximate surface area is 206 Å². The van der Waals surface area contributed by atoms with E-state index in [2.05, 4.69) is 29.2 Å². The third kappa shape index (κ3) is 4.93. The zero-order valence-electron chi connectivity index (χ0n) is 20.5. The number of rotatable bonds is 8. The van der Waals surface area contributed by atoms with Crippen LogP contribution in [0, 0.1) is 11.7 Å². The van der Waals surface area contributed by atoms with E-state index in [4.69, 9.17) is 0 Å². The summed E-state index contributed by atoms with van der Waals surface area (Å²) >= 11 is 0. The molecular weight excluding hydrogens is 439 g/mol. The summed E-state index contributed by atoms with van der Waals surface area (Å²) in [5, 5.41) is 8.00. The standard InChI is InChI=1S/C29H33FN4O/c1-3-4-24(33-28(35)15-20-11-13-31-14-12-20)16-21-5-6-22-17-27-26(19(2)29(21)22)18-32-34(27)25-9-7-23(30)8-10-25/h7-14,18-19,21,24H,3-6,15-17H2,1-2H3,(H,33,35)/t19-,21+,24?/m0/s1. The van der Waals surface area contributed by atoms with Crippen LogP contribution in [0.2, 0.25) is 0 Å². The van der Waals surface area contributed by atoms with Gasteiger partial charge in [-0.25, -0.2) is 9.07 Å². The molecule has 0 saturated carbocycles. The molecule has 0 aliphatic heterocycles. The number of pyridine rings is 1. The SMILES string of the molecule is CCCC(C[C@H]1CCC2=C1[C@@H](C)c1cnn(-c3ccc(F)cc3)c1C2)NC(=O)Cc1ccncc1. The van der Waals surface area contributed by atoms with Crippen LogP contribution in [0.1, 0.15) is 68.7 Å². The molecule has 0 fully saturated rings. The fourth-order valence-corrected chi connectivity index (χ4v) is 6.04. The Morgan fingerprint density at radius 1 is 1.20 bits per heavy atom. The molecule has 3 aromatic rings. The zero-order valence-corrected chi connectivity index (χ0v) is 20.5. The molecule has 1 aromatic carbocycles. The number of amides is 1. The quantitative estimate of drug-likeness (QED) is 0.429. The minimum atomic E-state index is -0.235. The maximum atomic E-state index is 13.4. The Morgan fingerprint density at radius 2 is 1.97 bits per heavy atom. The largest absolute Gasteiger partial charge is 0.353 e. The van der Waals surface area contributed by atoms with E-state index >= 15 is 0 Å². The van der Waals surface area contributed by atoms with Crippen molar-refractivity contribution in [2.24, 2.45) is 5.92 Å². The van der Waals surface area contributed by atoms with Crippen LogP contribution in [0.25, 0.3) is 5.69 Å². The van der Waals surface area contributed by atoms with E-state index in [-0.39, 0.29) is 17.8 Å². The first-order chi connectivity index (χ1) is 17.0. The van der Waals surface area contributed by atoms with Crippen molar-refractivity contribution in [3.8, 4) is 5.69 Å². The van der Waals surface area contributed by atoms with Crippen molar-refractivity contribution in [2.75, 3.05) is 0 Å². The van der Waals surface area contributed by atoms with Crippen LogP contribution < -0.4 is 5.32 Å². The van der Waals surface area contributed by atoms with Crippen molar-refractivity contribution < 1.29 is 9.18 Å². The summed E-state index contributed by atoms with van der Waals surface area (Å²) in [5.74, 6) is 0.646. The van der Waals surface area contributed by atoms with Gasteiger partial charge < -0.3 is 5.32 Å². The Bertz CT molecular complexity index is 1220. The fraction of sp³-hybridized carbons (Fsp3) is 0.414. The molecular formula is C29H33FN4O. The Balaban J connectivity index is 1.30. The van der Waals surface area contributed by atoms with Gasteiger partial charge in [-0.3, -0.25) is 9.78 Å². The fourth-order valence-electron chi connectivity index (χ4n) is 6.04. The highest BCUT2D eigenvalue weighted by atomic mass is 19.1. The number of fused-ring (bicyclic) bond motifs is 1. The molecule has 35 heavy (non-hydrogen) atoms. The van der Waals surface area contributed by atoms with Crippen LogP contribution in [0.4, 0.5) is 4.39 Å². The first-order valence-electron chi connectivity index (χ1n) is 12.8. The van der Waals surface area contributed by atoms with E-state index in [9.17, 15) is 9.18 Å². The van der Waals surface area contributed by atoms with Crippen molar-refractivity contribution in [3.63, 3.8) is 0 Å². The van der Waals surface area contributed by atoms with Crippen LogP contribution in [-0.4, -0.2) is 26.7 Å². The van der Waals surface area contributed by atoms with Crippen molar-refractivity contribution in [1.29, 1.82) is 0 Å². The summed E-state index contributed by atoms with van der Waals surface area (Å²) in [7, 11) is 0. The molecule has 6 heteroatoms. The van der Waals surface area contributed by atoms with Crippen molar-refractivity contribution in [3.05, 3.63) is 88.8 Å². The molecule has 2 aliphatic rings. The molecule has 5 nitrogen and oxygen atoms in total. The van der Waals surface area contributed by atoms with E-state index in [1.54, 1.807) is 30.1 Å². The van der Waals surface area contributed by atoms with E-state index in [1.807, 2.05) is 23.0 Å². The zero-order chi connectivity index (χ0) is 24.4. The number of aromatic nitrogens is 3. The number of carbonyl (C=O) groups is 1. The maximum Gasteiger partial charge on any atom is 0.224 e. The number of allylic oxidation sites excluding steroid dienone is 2. The molecule has 0 radical (unpaired) electrons. The Morgan fingerprint density at radius 3 is 2.71 bits per heavy atom. The summed E-state index contributed by atoms with van der Waals surface area (Å²) in [6.45, 7) is 4.47. The first-order valence-corrected chi connectivity index (χ1v) is 12.8. The van der Waals surface area contributed by atoms with Gasteiger partial charge in [-0.2, -0.15) is 5.10 Å². The average molecular weight is 473 g/mol. The molecule has 0 spiro atoms. The number of carbonyl (C=O) groups excluding carboxylic acids is 1.